The Hall–Kier alpha value is -1.31. The Balaban J connectivity index is 3.05. The number of anilines is 1. The Labute approximate surface area is 121 Å². The number of hydrogen-bond acceptors (Lipinski definition) is 2. The van der Waals surface area contributed by atoms with Gasteiger partial charge in [0.1, 0.15) is 11.4 Å². The highest BCUT2D eigenvalue weighted by atomic mass is 79.9. The number of carbonyl (C=O) groups excluding carboxylic acids is 1. The summed E-state index contributed by atoms with van der Waals surface area (Å²) < 4.78 is 56.0. The molecule has 1 rings (SSSR count). The molecule has 3 nitrogen and oxygen atoms in total. The largest absolute Gasteiger partial charge is 0.444 e. The van der Waals surface area contributed by atoms with E-state index in [4.69, 9.17) is 4.74 Å². The molecule has 0 atom stereocenters. The first kappa shape index (κ1) is 16.7. The van der Waals surface area contributed by atoms with E-state index in [1.165, 1.54) is 0 Å². The quantitative estimate of drug-likeness (QED) is 0.721. The molecule has 0 fully saturated rings. The van der Waals surface area contributed by atoms with Gasteiger partial charge in [0.25, 0.3) is 0 Å². The van der Waals surface area contributed by atoms with Crippen LogP contribution in [-0.4, -0.2) is 11.7 Å². The van der Waals surface area contributed by atoms with Crippen LogP contribution in [0.3, 0.4) is 0 Å². The van der Waals surface area contributed by atoms with Crippen LogP contribution in [0, 0.1) is 5.82 Å². The molecule has 0 bridgehead atoms. The highest BCUT2D eigenvalue weighted by Crippen LogP contribution is 2.37. The van der Waals surface area contributed by atoms with E-state index in [1.807, 2.05) is 5.32 Å². The molecule has 112 valence electrons. The van der Waals surface area contributed by atoms with Crippen molar-refractivity contribution < 1.29 is 27.1 Å². The number of alkyl halides is 3. The second kappa shape index (κ2) is 5.59. The molecule has 0 spiro atoms. The van der Waals surface area contributed by atoms with Crippen molar-refractivity contribution in [1.82, 2.24) is 0 Å². The summed E-state index contributed by atoms with van der Waals surface area (Å²) in [4.78, 5) is 11.4. The van der Waals surface area contributed by atoms with Crippen LogP contribution in [0.15, 0.2) is 16.6 Å². The fraction of sp³-hybridized carbons (Fsp3) is 0.417. The van der Waals surface area contributed by atoms with Crippen LogP contribution in [0.1, 0.15) is 26.3 Å². The van der Waals surface area contributed by atoms with Crippen molar-refractivity contribution in [3.63, 3.8) is 0 Å². The average molecular weight is 358 g/mol. The predicted molar refractivity (Wildman–Crippen MR) is 69.0 cm³/mol. The molecule has 0 aliphatic carbocycles. The van der Waals surface area contributed by atoms with Crippen LogP contribution >= 0.6 is 15.9 Å². The molecule has 0 radical (unpaired) electrons. The second-order valence-electron chi connectivity index (χ2n) is 4.94. The maximum atomic E-state index is 13.5. The Morgan fingerprint density at radius 2 is 1.80 bits per heavy atom. The van der Waals surface area contributed by atoms with Crippen molar-refractivity contribution in [3.05, 3.63) is 28.0 Å². The van der Waals surface area contributed by atoms with Crippen LogP contribution in [0.5, 0.6) is 0 Å². The van der Waals surface area contributed by atoms with E-state index >= 15 is 0 Å². The van der Waals surface area contributed by atoms with Gasteiger partial charge in [-0.15, -0.1) is 0 Å². The van der Waals surface area contributed by atoms with E-state index in [2.05, 4.69) is 15.9 Å². The first-order chi connectivity index (χ1) is 8.90. The van der Waals surface area contributed by atoms with Gasteiger partial charge in [-0.3, -0.25) is 5.32 Å². The molecule has 0 aliphatic heterocycles. The first-order valence-corrected chi connectivity index (χ1v) is 6.25. The molecule has 8 heteroatoms. The fourth-order valence-corrected chi connectivity index (χ4v) is 1.82. The summed E-state index contributed by atoms with van der Waals surface area (Å²) in [7, 11) is 0. The number of halogens is 5. The van der Waals surface area contributed by atoms with Gasteiger partial charge in [0.15, 0.2) is 0 Å². The van der Waals surface area contributed by atoms with Gasteiger partial charge >= 0.3 is 12.3 Å². The average Bonchev–Trinajstić information content (AvgIpc) is 2.17. The van der Waals surface area contributed by atoms with Crippen LogP contribution < -0.4 is 5.32 Å². The van der Waals surface area contributed by atoms with Gasteiger partial charge in [-0.1, -0.05) is 15.9 Å². The van der Waals surface area contributed by atoms with E-state index < -0.39 is 39.4 Å². The molecule has 0 saturated heterocycles. The molecular weight excluding hydrogens is 346 g/mol. The third kappa shape index (κ3) is 4.66. The summed E-state index contributed by atoms with van der Waals surface area (Å²) in [6.07, 6.45) is -5.71. The Kier molecular flexibility index (Phi) is 4.68. The van der Waals surface area contributed by atoms with E-state index in [1.54, 1.807) is 20.8 Å². The van der Waals surface area contributed by atoms with Crippen LogP contribution in [0.25, 0.3) is 0 Å². The van der Waals surface area contributed by atoms with Crippen LogP contribution in [0.4, 0.5) is 28.0 Å². The predicted octanol–water partition coefficient (Wildman–Crippen LogP) is 4.95. The number of amides is 1. The normalized spacial score (nSPS) is 12.2. The SMILES string of the molecule is CC(C)(C)OC(=O)Nc1cc(C(F)(F)F)c(Br)cc1F. The summed E-state index contributed by atoms with van der Waals surface area (Å²) in [5, 5.41) is 1.95. The number of carbonyl (C=O) groups is 1. The van der Waals surface area contributed by atoms with E-state index in [0.717, 1.165) is 0 Å². The lowest BCUT2D eigenvalue weighted by atomic mass is 10.2. The Bertz CT molecular complexity index is 523. The topological polar surface area (TPSA) is 38.3 Å². The van der Waals surface area contributed by atoms with Crippen molar-refractivity contribution in [2.75, 3.05) is 5.32 Å². The van der Waals surface area contributed by atoms with Crippen molar-refractivity contribution in [3.8, 4) is 0 Å². The van der Waals surface area contributed by atoms with Crippen LogP contribution in [-0.2, 0) is 10.9 Å². The first-order valence-electron chi connectivity index (χ1n) is 5.46. The highest BCUT2D eigenvalue weighted by molar-refractivity contribution is 9.10. The van der Waals surface area contributed by atoms with Crippen molar-refractivity contribution >= 4 is 27.7 Å². The van der Waals surface area contributed by atoms with Gasteiger partial charge in [-0.05, 0) is 32.9 Å². The molecule has 0 aromatic heterocycles. The minimum atomic E-state index is -4.67. The maximum Gasteiger partial charge on any atom is 0.417 e. The monoisotopic (exact) mass is 357 g/mol. The van der Waals surface area contributed by atoms with Gasteiger partial charge in [-0.2, -0.15) is 13.2 Å². The highest BCUT2D eigenvalue weighted by Gasteiger charge is 2.34. The standard InChI is InChI=1S/C12H12BrF4NO2/c1-11(2,3)20-10(19)18-9-4-6(12(15,16)17)7(13)5-8(9)14/h4-5H,1-3H3,(H,18,19). The van der Waals surface area contributed by atoms with Gasteiger partial charge < -0.3 is 4.74 Å². The maximum absolute atomic E-state index is 13.5. The molecule has 0 heterocycles. The minimum absolute atomic E-state index is 0.447. The number of nitrogens with one attached hydrogen (secondary N) is 1. The zero-order valence-corrected chi connectivity index (χ0v) is 12.4. The number of benzene rings is 1. The lowest BCUT2D eigenvalue weighted by Gasteiger charge is -2.20. The Morgan fingerprint density at radius 3 is 2.25 bits per heavy atom. The third-order valence-corrected chi connectivity index (χ3v) is 2.65. The van der Waals surface area contributed by atoms with Crippen LogP contribution in [0.2, 0.25) is 0 Å². The summed E-state index contributed by atoms with van der Waals surface area (Å²) in [5.41, 5.74) is -2.54. The van der Waals surface area contributed by atoms with Crippen molar-refractivity contribution in [2.24, 2.45) is 0 Å². The fourth-order valence-electron chi connectivity index (χ4n) is 1.28. The number of hydrogen-bond donors (Lipinski definition) is 1. The molecule has 1 aromatic carbocycles. The zero-order chi connectivity index (χ0) is 15.7. The van der Waals surface area contributed by atoms with Gasteiger partial charge in [0.05, 0.1) is 11.3 Å². The minimum Gasteiger partial charge on any atom is -0.444 e. The van der Waals surface area contributed by atoms with E-state index in [9.17, 15) is 22.4 Å². The number of rotatable bonds is 1. The van der Waals surface area contributed by atoms with Gasteiger partial charge in [0, 0.05) is 4.47 Å². The summed E-state index contributed by atoms with van der Waals surface area (Å²) in [6.45, 7) is 4.73. The summed E-state index contributed by atoms with van der Waals surface area (Å²) in [5.74, 6) is -1.00. The summed E-state index contributed by atoms with van der Waals surface area (Å²) in [6, 6.07) is 1.14. The summed E-state index contributed by atoms with van der Waals surface area (Å²) >= 11 is 2.63. The molecule has 1 aromatic rings. The zero-order valence-electron chi connectivity index (χ0n) is 10.9. The van der Waals surface area contributed by atoms with Crippen molar-refractivity contribution in [2.45, 2.75) is 32.5 Å². The van der Waals surface area contributed by atoms with Gasteiger partial charge in [-0.25, -0.2) is 9.18 Å². The smallest absolute Gasteiger partial charge is 0.417 e. The molecule has 0 saturated carbocycles. The molecule has 0 aliphatic rings. The molecule has 20 heavy (non-hydrogen) atoms. The van der Waals surface area contributed by atoms with E-state index in [0.29, 0.717) is 12.1 Å². The lowest BCUT2D eigenvalue weighted by molar-refractivity contribution is -0.138. The Morgan fingerprint density at radius 1 is 1.25 bits per heavy atom. The third-order valence-electron chi connectivity index (χ3n) is 2.00. The van der Waals surface area contributed by atoms with Crippen molar-refractivity contribution in [1.29, 1.82) is 0 Å². The molecule has 1 amide bonds. The van der Waals surface area contributed by atoms with Gasteiger partial charge in [0.2, 0.25) is 0 Å². The second-order valence-corrected chi connectivity index (χ2v) is 5.79. The van der Waals surface area contributed by atoms with E-state index in [-0.39, 0.29) is 0 Å². The molecule has 0 unspecified atom stereocenters. The number of ether oxygens (including phenoxy) is 1. The molecule has 1 N–H and O–H groups in total. The molecular formula is C12H12BrF4NO2. The lowest BCUT2D eigenvalue weighted by Crippen LogP contribution is -2.27.